The van der Waals surface area contributed by atoms with Gasteiger partial charge in [-0.1, -0.05) is 19.8 Å². The lowest BCUT2D eigenvalue weighted by atomic mass is 10.1. The molecular weight excluding hydrogens is 168 g/mol. The third-order valence-corrected chi connectivity index (χ3v) is 1.95. The topological polar surface area (TPSA) is 65.7 Å². The van der Waals surface area contributed by atoms with Crippen LogP contribution in [0, 0.1) is 0 Å². The lowest BCUT2D eigenvalue weighted by Crippen LogP contribution is -2.21. The van der Waals surface area contributed by atoms with Crippen LogP contribution in [-0.2, 0) is 6.42 Å². The minimum absolute atomic E-state index is 0.185. The lowest BCUT2D eigenvalue weighted by molar-refractivity contribution is 0.708. The number of nitrogens with one attached hydrogen (secondary N) is 2. The van der Waals surface area contributed by atoms with E-state index in [-0.39, 0.29) is 11.1 Å². The Morgan fingerprint density at radius 2 is 2.00 bits per heavy atom. The van der Waals surface area contributed by atoms with E-state index < -0.39 is 0 Å². The average Bonchev–Trinajstić information content (AvgIpc) is 2.11. The van der Waals surface area contributed by atoms with E-state index in [1.165, 1.54) is 6.07 Å². The molecule has 0 spiro atoms. The van der Waals surface area contributed by atoms with E-state index in [1.54, 1.807) is 0 Å². The molecule has 0 saturated heterocycles. The maximum absolute atomic E-state index is 11.1. The van der Waals surface area contributed by atoms with Crippen molar-refractivity contribution in [1.29, 1.82) is 0 Å². The summed E-state index contributed by atoms with van der Waals surface area (Å²) in [6.45, 7) is 2.10. The number of H-pyrrole nitrogens is 2. The van der Waals surface area contributed by atoms with Crippen molar-refractivity contribution in [3.8, 4) is 0 Å². The normalized spacial score (nSPS) is 10.2. The van der Waals surface area contributed by atoms with Gasteiger partial charge in [-0.25, -0.2) is 0 Å². The lowest BCUT2D eigenvalue weighted by Gasteiger charge is -1.97. The molecule has 1 aromatic heterocycles. The second-order valence-electron chi connectivity index (χ2n) is 3.07. The molecule has 1 heterocycles. The number of aromatic nitrogens is 2. The Hall–Kier alpha value is -1.32. The Balaban J connectivity index is 2.70. The van der Waals surface area contributed by atoms with Crippen LogP contribution in [0.4, 0.5) is 0 Å². The van der Waals surface area contributed by atoms with Crippen molar-refractivity contribution in [2.24, 2.45) is 0 Å². The molecule has 0 aliphatic rings. The van der Waals surface area contributed by atoms with Crippen LogP contribution in [-0.4, -0.2) is 10.2 Å². The van der Waals surface area contributed by atoms with E-state index in [4.69, 9.17) is 0 Å². The van der Waals surface area contributed by atoms with Gasteiger partial charge >= 0.3 is 0 Å². The summed E-state index contributed by atoms with van der Waals surface area (Å²) in [6.07, 6.45) is 3.85. The molecule has 0 saturated carbocycles. The zero-order valence-corrected chi connectivity index (χ0v) is 7.72. The summed E-state index contributed by atoms with van der Waals surface area (Å²) in [5.74, 6) is 0. The van der Waals surface area contributed by atoms with Gasteiger partial charge in [0.1, 0.15) is 0 Å². The van der Waals surface area contributed by atoms with Crippen LogP contribution in [0.5, 0.6) is 0 Å². The second kappa shape index (κ2) is 4.64. The number of unbranched alkanes of at least 4 members (excludes halogenated alkanes) is 2. The average molecular weight is 182 g/mol. The van der Waals surface area contributed by atoms with Gasteiger partial charge in [0.15, 0.2) is 0 Å². The van der Waals surface area contributed by atoms with Gasteiger partial charge in [0.2, 0.25) is 0 Å². The number of aromatic amines is 2. The van der Waals surface area contributed by atoms with Crippen LogP contribution in [0.2, 0.25) is 0 Å². The molecule has 4 nitrogen and oxygen atoms in total. The molecule has 0 radical (unpaired) electrons. The Morgan fingerprint density at radius 1 is 1.23 bits per heavy atom. The Bertz CT molecular complexity index is 364. The van der Waals surface area contributed by atoms with E-state index in [0.717, 1.165) is 19.3 Å². The Labute approximate surface area is 76.0 Å². The molecule has 1 rings (SSSR count). The first-order valence-corrected chi connectivity index (χ1v) is 4.55. The van der Waals surface area contributed by atoms with Crippen molar-refractivity contribution in [3.05, 3.63) is 32.3 Å². The van der Waals surface area contributed by atoms with Crippen molar-refractivity contribution in [3.63, 3.8) is 0 Å². The van der Waals surface area contributed by atoms with Crippen molar-refractivity contribution in [2.45, 2.75) is 32.6 Å². The van der Waals surface area contributed by atoms with Crippen molar-refractivity contribution < 1.29 is 0 Å². The van der Waals surface area contributed by atoms with Crippen LogP contribution >= 0.6 is 0 Å². The molecule has 13 heavy (non-hydrogen) atoms. The van der Waals surface area contributed by atoms with Gasteiger partial charge in [-0.05, 0) is 12.8 Å². The summed E-state index contributed by atoms with van der Waals surface area (Å²) in [4.78, 5) is 22.0. The maximum Gasteiger partial charge on any atom is 0.265 e. The number of hydrogen-bond acceptors (Lipinski definition) is 2. The van der Waals surface area contributed by atoms with E-state index in [2.05, 4.69) is 17.1 Å². The minimum atomic E-state index is -0.244. The van der Waals surface area contributed by atoms with Gasteiger partial charge in [-0.3, -0.25) is 19.8 Å². The van der Waals surface area contributed by atoms with Crippen molar-refractivity contribution in [1.82, 2.24) is 10.2 Å². The van der Waals surface area contributed by atoms with Gasteiger partial charge in [-0.2, -0.15) is 0 Å². The van der Waals surface area contributed by atoms with Crippen LogP contribution in [0.25, 0.3) is 0 Å². The third-order valence-electron chi connectivity index (χ3n) is 1.95. The van der Waals surface area contributed by atoms with E-state index in [0.29, 0.717) is 12.0 Å². The smallest absolute Gasteiger partial charge is 0.265 e. The minimum Gasteiger partial charge on any atom is -0.268 e. The van der Waals surface area contributed by atoms with Crippen molar-refractivity contribution >= 4 is 0 Å². The molecule has 0 unspecified atom stereocenters. The second-order valence-corrected chi connectivity index (χ2v) is 3.07. The predicted molar refractivity (Wildman–Crippen MR) is 50.9 cm³/mol. The molecule has 1 aromatic rings. The van der Waals surface area contributed by atoms with Crippen LogP contribution in [0.1, 0.15) is 31.7 Å². The van der Waals surface area contributed by atoms with E-state index >= 15 is 0 Å². The molecule has 0 amide bonds. The quantitative estimate of drug-likeness (QED) is 0.676. The van der Waals surface area contributed by atoms with Crippen LogP contribution in [0.3, 0.4) is 0 Å². The molecule has 0 fully saturated rings. The molecule has 0 aliphatic carbocycles. The molecule has 0 aromatic carbocycles. The molecule has 0 bridgehead atoms. The van der Waals surface area contributed by atoms with Crippen LogP contribution < -0.4 is 11.1 Å². The number of aryl methyl sites for hydroxylation is 1. The molecular formula is C9H14N2O2. The molecule has 72 valence electrons. The zero-order valence-electron chi connectivity index (χ0n) is 7.72. The van der Waals surface area contributed by atoms with Crippen molar-refractivity contribution in [2.75, 3.05) is 0 Å². The largest absolute Gasteiger partial charge is 0.268 e. The Morgan fingerprint density at radius 3 is 2.69 bits per heavy atom. The zero-order chi connectivity index (χ0) is 9.68. The Kier molecular flexibility index (Phi) is 3.49. The summed E-state index contributed by atoms with van der Waals surface area (Å²) in [5, 5.41) is 4.54. The van der Waals surface area contributed by atoms with Gasteiger partial charge in [0.25, 0.3) is 11.1 Å². The van der Waals surface area contributed by atoms with Gasteiger partial charge in [0, 0.05) is 11.6 Å². The highest BCUT2D eigenvalue weighted by Crippen LogP contribution is 1.99. The number of hydrogen-bond donors (Lipinski definition) is 2. The molecule has 4 heteroatoms. The molecule has 0 atom stereocenters. The highest BCUT2D eigenvalue weighted by Gasteiger charge is 1.99. The summed E-state index contributed by atoms with van der Waals surface area (Å²) in [5.41, 5.74) is 0.152. The summed E-state index contributed by atoms with van der Waals surface area (Å²) in [6, 6.07) is 1.37. The SMILES string of the molecule is CCCCCc1cc(=O)[nH][nH]c1=O. The monoisotopic (exact) mass is 182 g/mol. The fraction of sp³-hybridized carbons (Fsp3) is 0.556. The molecule has 0 aliphatic heterocycles. The van der Waals surface area contributed by atoms with Gasteiger partial charge in [0.05, 0.1) is 0 Å². The summed E-state index contributed by atoms with van der Waals surface area (Å²) in [7, 11) is 0. The van der Waals surface area contributed by atoms with Gasteiger partial charge < -0.3 is 0 Å². The standard InChI is InChI=1S/C9H14N2O2/c1-2-3-4-5-7-6-8(12)10-11-9(7)13/h6H,2-5H2,1H3,(H,10,12)(H,11,13). The first-order chi connectivity index (χ1) is 6.24. The predicted octanol–water partition coefficient (Wildman–Crippen LogP) is 0.796. The molecule has 2 N–H and O–H groups in total. The van der Waals surface area contributed by atoms with E-state index in [1.807, 2.05) is 0 Å². The highest BCUT2D eigenvalue weighted by molar-refractivity contribution is 5.05. The maximum atomic E-state index is 11.1. The summed E-state index contributed by atoms with van der Waals surface area (Å²) < 4.78 is 0. The first-order valence-electron chi connectivity index (χ1n) is 4.55. The van der Waals surface area contributed by atoms with Crippen LogP contribution in [0.15, 0.2) is 15.7 Å². The highest BCUT2D eigenvalue weighted by atomic mass is 16.1. The van der Waals surface area contributed by atoms with E-state index in [9.17, 15) is 9.59 Å². The first kappa shape index (κ1) is 9.77. The fourth-order valence-electron chi connectivity index (χ4n) is 1.21. The summed E-state index contributed by atoms with van der Waals surface area (Å²) >= 11 is 0. The van der Waals surface area contributed by atoms with Gasteiger partial charge in [-0.15, -0.1) is 0 Å². The number of rotatable bonds is 4. The third kappa shape index (κ3) is 2.89. The fourth-order valence-corrected chi connectivity index (χ4v) is 1.21.